The molecule has 1 unspecified atom stereocenters. The first-order valence-corrected chi connectivity index (χ1v) is 11.1. The Morgan fingerprint density at radius 2 is 1.87 bits per heavy atom. The van der Waals surface area contributed by atoms with Gasteiger partial charge in [0, 0.05) is 36.5 Å². The molecule has 0 aliphatic carbocycles. The van der Waals surface area contributed by atoms with Crippen molar-refractivity contribution in [2.75, 3.05) is 11.4 Å². The Labute approximate surface area is 190 Å². The van der Waals surface area contributed by atoms with Crippen molar-refractivity contribution in [3.63, 3.8) is 0 Å². The third-order valence-corrected chi connectivity index (χ3v) is 6.35. The van der Waals surface area contributed by atoms with Crippen LogP contribution >= 0.6 is 15.9 Å². The number of carbonyl (C=O) groups excluding carboxylic acids is 2. The van der Waals surface area contributed by atoms with Gasteiger partial charge in [0.2, 0.25) is 11.8 Å². The molecule has 0 saturated carbocycles. The largest absolute Gasteiger partial charge is 0.333 e. The van der Waals surface area contributed by atoms with Gasteiger partial charge in [-0.05, 0) is 64.2 Å². The summed E-state index contributed by atoms with van der Waals surface area (Å²) >= 11 is 3.52. The molecule has 3 aromatic rings. The van der Waals surface area contributed by atoms with Crippen LogP contribution in [0.5, 0.6) is 0 Å². The standard InChI is InChI=1S/C25H24BrN3O2/c1-18-7-2-3-9-20(18)17-28(16-19-8-6-13-27-15-19)24(30)21-12-14-29(25(21)31)23-11-5-4-10-22(23)26/h2-11,13,15,21H,12,14,16-17H2,1H3. The van der Waals surface area contributed by atoms with E-state index in [9.17, 15) is 9.59 Å². The van der Waals surface area contributed by atoms with Crippen molar-refractivity contribution >= 4 is 33.4 Å². The second-order valence-corrected chi connectivity index (χ2v) is 8.62. The Hall–Kier alpha value is -2.99. The lowest BCUT2D eigenvalue weighted by Crippen LogP contribution is -2.39. The first-order chi connectivity index (χ1) is 15.0. The van der Waals surface area contributed by atoms with Crippen molar-refractivity contribution < 1.29 is 9.59 Å². The number of hydrogen-bond donors (Lipinski definition) is 0. The molecule has 1 atom stereocenters. The molecule has 0 bridgehead atoms. The maximum absolute atomic E-state index is 13.6. The van der Waals surface area contributed by atoms with Crippen molar-refractivity contribution in [1.82, 2.24) is 9.88 Å². The highest BCUT2D eigenvalue weighted by Gasteiger charge is 2.40. The van der Waals surface area contributed by atoms with Gasteiger partial charge in [0.1, 0.15) is 5.92 Å². The number of nitrogens with zero attached hydrogens (tertiary/aromatic N) is 3. The predicted molar refractivity (Wildman–Crippen MR) is 124 cm³/mol. The summed E-state index contributed by atoms with van der Waals surface area (Å²) in [6.45, 7) is 3.44. The quantitative estimate of drug-likeness (QED) is 0.482. The molecule has 1 saturated heterocycles. The van der Waals surface area contributed by atoms with Crippen molar-refractivity contribution in [1.29, 1.82) is 0 Å². The molecule has 2 heterocycles. The van der Waals surface area contributed by atoms with Gasteiger partial charge in [-0.15, -0.1) is 0 Å². The van der Waals surface area contributed by atoms with Gasteiger partial charge in [-0.25, -0.2) is 0 Å². The molecule has 0 radical (unpaired) electrons. The van der Waals surface area contributed by atoms with Gasteiger partial charge in [-0.1, -0.05) is 42.5 Å². The average Bonchev–Trinajstić information content (AvgIpc) is 3.16. The Morgan fingerprint density at radius 3 is 2.61 bits per heavy atom. The summed E-state index contributed by atoms with van der Waals surface area (Å²) in [6.07, 6.45) is 3.99. The minimum absolute atomic E-state index is 0.133. The van der Waals surface area contributed by atoms with Gasteiger partial charge in [0.15, 0.2) is 0 Å². The summed E-state index contributed by atoms with van der Waals surface area (Å²) in [6, 6.07) is 19.5. The molecule has 1 aromatic heterocycles. The molecule has 5 nitrogen and oxygen atoms in total. The molecule has 4 rings (SSSR count). The zero-order chi connectivity index (χ0) is 21.8. The number of benzene rings is 2. The summed E-state index contributed by atoms with van der Waals surface area (Å²) < 4.78 is 0.851. The van der Waals surface area contributed by atoms with E-state index in [1.807, 2.05) is 67.6 Å². The smallest absolute Gasteiger partial charge is 0.239 e. The SMILES string of the molecule is Cc1ccccc1CN(Cc1cccnc1)C(=O)C1CCN(c2ccccc2Br)C1=O. The van der Waals surface area contributed by atoms with Crippen LogP contribution < -0.4 is 4.90 Å². The van der Waals surface area contributed by atoms with E-state index in [0.717, 1.165) is 26.9 Å². The van der Waals surface area contributed by atoms with Crippen LogP contribution in [-0.2, 0) is 22.7 Å². The number of amides is 2. The lowest BCUT2D eigenvalue weighted by Gasteiger charge is -2.26. The molecule has 158 valence electrons. The van der Waals surface area contributed by atoms with E-state index >= 15 is 0 Å². The Balaban J connectivity index is 1.59. The number of aromatic nitrogens is 1. The molecule has 31 heavy (non-hydrogen) atoms. The maximum atomic E-state index is 13.6. The first-order valence-electron chi connectivity index (χ1n) is 10.3. The van der Waals surface area contributed by atoms with Crippen molar-refractivity contribution in [3.8, 4) is 0 Å². The van der Waals surface area contributed by atoms with Crippen LogP contribution in [0.15, 0.2) is 77.5 Å². The molecule has 2 amide bonds. The van der Waals surface area contributed by atoms with Crippen LogP contribution in [-0.4, -0.2) is 28.2 Å². The lowest BCUT2D eigenvalue weighted by molar-refractivity contribution is -0.141. The molecule has 6 heteroatoms. The molecular formula is C25H24BrN3O2. The van der Waals surface area contributed by atoms with Gasteiger partial charge < -0.3 is 9.80 Å². The van der Waals surface area contributed by atoms with Crippen LogP contribution in [0.1, 0.15) is 23.1 Å². The van der Waals surface area contributed by atoms with Gasteiger partial charge in [-0.3, -0.25) is 14.6 Å². The summed E-state index contributed by atoms with van der Waals surface area (Å²) in [5.41, 5.74) is 3.95. The van der Waals surface area contributed by atoms with Gasteiger partial charge in [-0.2, -0.15) is 0 Å². The van der Waals surface area contributed by atoms with Crippen LogP contribution in [0.4, 0.5) is 5.69 Å². The highest BCUT2D eigenvalue weighted by atomic mass is 79.9. The van der Waals surface area contributed by atoms with E-state index in [2.05, 4.69) is 20.9 Å². The molecule has 0 N–H and O–H groups in total. The predicted octanol–water partition coefficient (Wildman–Crippen LogP) is 4.73. The fourth-order valence-electron chi connectivity index (χ4n) is 3.96. The highest BCUT2D eigenvalue weighted by molar-refractivity contribution is 9.10. The van der Waals surface area contributed by atoms with E-state index in [-0.39, 0.29) is 11.8 Å². The number of aryl methyl sites for hydroxylation is 1. The Bertz CT molecular complexity index is 1090. The number of halogens is 1. The van der Waals surface area contributed by atoms with E-state index in [0.29, 0.717) is 26.1 Å². The fraction of sp³-hybridized carbons (Fsp3) is 0.240. The second-order valence-electron chi connectivity index (χ2n) is 7.76. The Morgan fingerprint density at radius 1 is 1.10 bits per heavy atom. The van der Waals surface area contributed by atoms with Crippen molar-refractivity contribution in [2.45, 2.75) is 26.4 Å². The Kier molecular flexibility index (Phi) is 6.47. The normalized spacial score (nSPS) is 15.9. The van der Waals surface area contributed by atoms with Gasteiger partial charge >= 0.3 is 0 Å². The van der Waals surface area contributed by atoms with E-state index in [4.69, 9.17) is 0 Å². The summed E-state index contributed by atoms with van der Waals surface area (Å²) in [7, 11) is 0. The maximum Gasteiger partial charge on any atom is 0.239 e. The number of carbonyl (C=O) groups is 2. The molecule has 1 aliphatic heterocycles. The van der Waals surface area contributed by atoms with Crippen LogP contribution in [0.3, 0.4) is 0 Å². The third kappa shape index (κ3) is 4.69. The minimum Gasteiger partial charge on any atom is -0.333 e. The molecule has 1 fully saturated rings. The summed E-state index contributed by atoms with van der Waals surface area (Å²) in [5, 5.41) is 0. The van der Waals surface area contributed by atoms with Crippen molar-refractivity contribution in [2.24, 2.45) is 5.92 Å². The molecule has 1 aliphatic rings. The van der Waals surface area contributed by atoms with Crippen LogP contribution in [0.25, 0.3) is 0 Å². The zero-order valence-electron chi connectivity index (χ0n) is 17.4. The zero-order valence-corrected chi connectivity index (χ0v) is 19.0. The second kappa shape index (κ2) is 9.43. The van der Waals surface area contributed by atoms with Gasteiger partial charge in [0.05, 0.1) is 5.69 Å². The monoisotopic (exact) mass is 477 g/mol. The average molecular weight is 478 g/mol. The number of anilines is 1. The van der Waals surface area contributed by atoms with E-state index in [1.54, 1.807) is 22.2 Å². The molecular weight excluding hydrogens is 454 g/mol. The molecule has 0 spiro atoms. The van der Waals surface area contributed by atoms with Crippen LogP contribution in [0.2, 0.25) is 0 Å². The topological polar surface area (TPSA) is 53.5 Å². The number of hydrogen-bond acceptors (Lipinski definition) is 3. The summed E-state index contributed by atoms with van der Waals surface area (Å²) in [5.74, 6) is -0.947. The number of para-hydroxylation sites is 1. The highest BCUT2D eigenvalue weighted by Crippen LogP contribution is 2.32. The molecule has 2 aromatic carbocycles. The van der Waals surface area contributed by atoms with Crippen molar-refractivity contribution in [3.05, 3.63) is 94.2 Å². The van der Waals surface area contributed by atoms with E-state index in [1.165, 1.54) is 0 Å². The third-order valence-electron chi connectivity index (χ3n) is 5.68. The van der Waals surface area contributed by atoms with Crippen LogP contribution in [0, 0.1) is 12.8 Å². The lowest BCUT2D eigenvalue weighted by atomic mass is 10.0. The number of rotatable bonds is 6. The van der Waals surface area contributed by atoms with Gasteiger partial charge in [0.25, 0.3) is 0 Å². The first kappa shape index (κ1) is 21.2. The fourth-order valence-corrected chi connectivity index (χ4v) is 4.45. The summed E-state index contributed by atoms with van der Waals surface area (Å²) in [4.78, 5) is 34.5. The minimum atomic E-state index is -0.673. The number of pyridine rings is 1. The van der Waals surface area contributed by atoms with E-state index < -0.39 is 5.92 Å².